The third kappa shape index (κ3) is 5.25. The molecule has 1 fully saturated rings. The van der Waals surface area contributed by atoms with Crippen LogP contribution >= 0.6 is 12.4 Å². The molecule has 1 aliphatic heterocycles. The molecule has 1 aromatic carbocycles. The van der Waals surface area contributed by atoms with Crippen molar-refractivity contribution in [1.29, 1.82) is 0 Å². The van der Waals surface area contributed by atoms with Gasteiger partial charge < -0.3 is 25.4 Å². The summed E-state index contributed by atoms with van der Waals surface area (Å²) in [5, 5.41) is 9.03. The Morgan fingerprint density at radius 3 is 2.27 bits per heavy atom. The molecule has 0 aromatic heterocycles. The molecular weight excluding hydrogens is 358 g/mol. The summed E-state index contributed by atoms with van der Waals surface area (Å²) in [6.07, 6.45) is 0.878. The van der Waals surface area contributed by atoms with Gasteiger partial charge in [0.2, 0.25) is 5.91 Å². The van der Waals surface area contributed by atoms with Crippen LogP contribution in [0.2, 0.25) is 0 Å². The number of hydrogen-bond donors (Lipinski definition) is 3. The fourth-order valence-electron chi connectivity index (χ4n) is 2.52. The molecule has 0 saturated carbocycles. The average Bonchev–Trinajstić information content (AvgIpc) is 3.06. The third-order valence-electron chi connectivity index (χ3n) is 4.09. The van der Waals surface area contributed by atoms with E-state index in [1.54, 1.807) is 12.1 Å². The summed E-state index contributed by atoms with van der Waals surface area (Å²) < 4.78 is 10.6. The van der Waals surface area contributed by atoms with Crippen LogP contribution in [0.3, 0.4) is 0 Å². The van der Waals surface area contributed by atoms with Crippen molar-refractivity contribution < 1.29 is 19.1 Å². The highest BCUT2D eigenvalue weighted by molar-refractivity contribution is 6.05. The van der Waals surface area contributed by atoms with Crippen molar-refractivity contribution in [2.75, 3.05) is 32.6 Å². The monoisotopic (exact) mass is 385 g/mol. The maximum Gasteiger partial charge on any atom is 0.253 e. The lowest BCUT2D eigenvalue weighted by Gasteiger charge is -2.21. The van der Waals surface area contributed by atoms with Crippen LogP contribution in [-0.2, 0) is 4.79 Å². The predicted octanol–water partition coefficient (Wildman–Crippen LogP) is 2.20. The third-order valence-corrected chi connectivity index (χ3v) is 4.09. The van der Waals surface area contributed by atoms with E-state index in [4.69, 9.17) is 9.47 Å². The van der Waals surface area contributed by atoms with E-state index in [0.717, 1.165) is 19.5 Å². The first-order chi connectivity index (χ1) is 11.8. The highest BCUT2D eigenvalue weighted by atomic mass is 35.5. The lowest BCUT2D eigenvalue weighted by molar-refractivity contribution is -0.123. The Morgan fingerprint density at radius 2 is 1.77 bits per heavy atom. The van der Waals surface area contributed by atoms with E-state index >= 15 is 0 Å². The number of carbonyl (C=O) groups excluding carboxylic acids is 2. The van der Waals surface area contributed by atoms with Gasteiger partial charge in [0.15, 0.2) is 11.5 Å². The molecule has 1 aromatic rings. The molecule has 0 bridgehead atoms. The second-order valence-corrected chi connectivity index (χ2v) is 7.12. The van der Waals surface area contributed by atoms with Gasteiger partial charge in [-0.05, 0) is 19.0 Å². The Hall–Kier alpha value is -1.99. The second-order valence-electron chi connectivity index (χ2n) is 7.12. The first-order valence-electron chi connectivity index (χ1n) is 8.35. The summed E-state index contributed by atoms with van der Waals surface area (Å²) in [6.45, 7) is 7.06. The number of amides is 2. The molecule has 2 rings (SSSR count). The molecule has 1 aliphatic rings. The van der Waals surface area contributed by atoms with Crippen LogP contribution in [-0.4, -0.2) is 45.2 Å². The van der Waals surface area contributed by atoms with E-state index in [9.17, 15) is 9.59 Å². The highest BCUT2D eigenvalue weighted by Crippen LogP contribution is 2.34. The van der Waals surface area contributed by atoms with Crippen LogP contribution in [0, 0.1) is 5.41 Å². The Balaban J connectivity index is 0.00000338. The zero-order chi connectivity index (χ0) is 18.6. The summed E-state index contributed by atoms with van der Waals surface area (Å²) in [5.74, 6) is 0.451. The highest BCUT2D eigenvalue weighted by Gasteiger charge is 2.26. The van der Waals surface area contributed by atoms with Crippen LogP contribution in [0.1, 0.15) is 37.6 Å². The molecule has 1 heterocycles. The smallest absolute Gasteiger partial charge is 0.253 e. The number of methoxy groups -OCH3 is 2. The van der Waals surface area contributed by atoms with E-state index in [1.807, 2.05) is 20.8 Å². The zero-order valence-corrected chi connectivity index (χ0v) is 16.7. The van der Waals surface area contributed by atoms with Crippen molar-refractivity contribution >= 4 is 29.9 Å². The van der Waals surface area contributed by atoms with Crippen LogP contribution in [0.4, 0.5) is 5.69 Å². The maximum atomic E-state index is 12.7. The van der Waals surface area contributed by atoms with Crippen molar-refractivity contribution in [2.45, 2.75) is 33.2 Å². The number of rotatable bonds is 5. The normalized spacial score (nSPS) is 16.4. The van der Waals surface area contributed by atoms with E-state index in [-0.39, 0.29) is 30.3 Å². The fraction of sp³-hybridized carbons (Fsp3) is 0.556. The van der Waals surface area contributed by atoms with Gasteiger partial charge in [0, 0.05) is 24.1 Å². The molecule has 1 atom stereocenters. The Bertz CT molecular complexity index is 653. The van der Waals surface area contributed by atoms with E-state index in [1.165, 1.54) is 14.2 Å². The van der Waals surface area contributed by atoms with Gasteiger partial charge in [0.05, 0.1) is 25.5 Å². The molecule has 26 heavy (non-hydrogen) atoms. The minimum absolute atomic E-state index is 0. The summed E-state index contributed by atoms with van der Waals surface area (Å²) in [7, 11) is 3.02. The van der Waals surface area contributed by atoms with Gasteiger partial charge in [-0.15, -0.1) is 12.4 Å². The van der Waals surface area contributed by atoms with Gasteiger partial charge in [-0.1, -0.05) is 20.8 Å². The van der Waals surface area contributed by atoms with Crippen molar-refractivity contribution in [1.82, 2.24) is 10.6 Å². The van der Waals surface area contributed by atoms with Crippen molar-refractivity contribution in [3.05, 3.63) is 17.7 Å². The molecule has 1 saturated heterocycles. The topological polar surface area (TPSA) is 88.7 Å². The minimum atomic E-state index is -0.587. The minimum Gasteiger partial charge on any atom is -0.493 e. The summed E-state index contributed by atoms with van der Waals surface area (Å²) in [6, 6.07) is 3.28. The standard InChI is InChI=1S/C18H27N3O4.ClH/c1-18(2,3)17(23)21-13-9-15(25-5)14(24-4)8-12(13)16(22)20-11-6-7-19-10-11;/h8-9,11,19H,6-7,10H2,1-5H3,(H,20,22)(H,21,23);1H. The summed E-state index contributed by atoms with van der Waals surface area (Å²) in [4.78, 5) is 25.1. The van der Waals surface area contributed by atoms with E-state index in [0.29, 0.717) is 22.7 Å². The van der Waals surface area contributed by atoms with Crippen LogP contribution in [0.5, 0.6) is 11.5 Å². The predicted molar refractivity (Wildman–Crippen MR) is 104 cm³/mol. The van der Waals surface area contributed by atoms with Crippen molar-refractivity contribution in [3.63, 3.8) is 0 Å². The van der Waals surface area contributed by atoms with Gasteiger partial charge in [-0.25, -0.2) is 0 Å². The summed E-state index contributed by atoms with van der Waals surface area (Å²) >= 11 is 0. The van der Waals surface area contributed by atoms with Crippen LogP contribution in [0.15, 0.2) is 12.1 Å². The molecule has 0 aliphatic carbocycles. The fourth-order valence-corrected chi connectivity index (χ4v) is 2.52. The van der Waals surface area contributed by atoms with Gasteiger partial charge in [0.25, 0.3) is 5.91 Å². The summed E-state index contributed by atoms with van der Waals surface area (Å²) in [5.41, 5.74) is 0.166. The Morgan fingerprint density at radius 1 is 1.15 bits per heavy atom. The molecule has 8 heteroatoms. The largest absolute Gasteiger partial charge is 0.493 e. The van der Waals surface area contributed by atoms with Crippen LogP contribution in [0.25, 0.3) is 0 Å². The van der Waals surface area contributed by atoms with Gasteiger partial charge in [-0.2, -0.15) is 0 Å². The van der Waals surface area contributed by atoms with Gasteiger partial charge in [-0.3, -0.25) is 9.59 Å². The van der Waals surface area contributed by atoms with Gasteiger partial charge >= 0.3 is 0 Å². The molecule has 0 radical (unpaired) electrons. The molecule has 1 unspecified atom stereocenters. The van der Waals surface area contributed by atoms with Crippen molar-refractivity contribution in [2.24, 2.45) is 5.41 Å². The number of hydrogen-bond acceptors (Lipinski definition) is 5. The molecular formula is C18H28ClN3O4. The molecule has 2 amide bonds. The van der Waals surface area contributed by atoms with E-state index in [2.05, 4.69) is 16.0 Å². The SMILES string of the molecule is COc1cc(NC(=O)C(C)(C)C)c(C(=O)NC2CCNC2)cc1OC.Cl. The first kappa shape index (κ1) is 22.1. The van der Waals surface area contributed by atoms with E-state index < -0.39 is 5.41 Å². The molecule has 3 N–H and O–H groups in total. The Kier molecular flexibility index (Phi) is 7.71. The Labute approximate surface area is 160 Å². The van der Waals surface area contributed by atoms with Crippen LogP contribution < -0.4 is 25.4 Å². The lowest BCUT2D eigenvalue weighted by atomic mass is 9.95. The molecule has 0 spiro atoms. The number of nitrogens with one attached hydrogen (secondary N) is 3. The maximum absolute atomic E-state index is 12.7. The second kappa shape index (κ2) is 9.09. The van der Waals surface area contributed by atoms with Crippen molar-refractivity contribution in [3.8, 4) is 11.5 Å². The first-order valence-corrected chi connectivity index (χ1v) is 8.35. The number of carbonyl (C=O) groups is 2. The molecule has 146 valence electrons. The quantitative estimate of drug-likeness (QED) is 0.723. The number of ether oxygens (including phenoxy) is 2. The number of benzene rings is 1. The number of halogens is 1. The number of anilines is 1. The average molecular weight is 386 g/mol. The lowest BCUT2D eigenvalue weighted by Crippen LogP contribution is -2.37. The molecule has 7 nitrogen and oxygen atoms in total. The van der Waals surface area contributed by atoms with Gasteiger partial charge in [0.1, 0.15) is 0 Å². The zero-order valence-electron chi connectivity index (χ0n) is 15.9.